The Morgan fingerprint density at radius 2 is 2.06 bits per heavy atom. The molecule has 0 aliphatic heterocycles. The molecule has 4 rings (SSSR count). The molecule has 0 aliphatic carbocycles. The van der Waals surface area contributed by atoms with Gasteiger partial charge in [0.2, 0.25) is 0 Å². The highest BCUT2D eigenvalue weighted by molar-refractivity contribution is 7.71. The van der Waals surface area contributed by atoms with E-state index < -0.39 is 6.04 Å². The van der Waals surface area contributed by atoms with Crippen molar-refractivity contribution in [2.24, 2.45) is 7.05 Å². The Hall–Kier alpha value is -3.78. The van der Waals surface area contributed by atoms with Gasteiger partial charge in [0.05, 0.1) is 10.9 Å². The quantitative estimate of drug-likeness (QED) is 0.362. The Balaban J connectivity index is 1.72. The third-order valence-corrected chi connectivity index (χ3v) is 5.40. The molecule has 0 fully saturated rings. The Labute approximate surface area is 183 Å². The van der Waals surface area contributed by atoms with E-state index in [1.165, 1.54) is 4.57 Å². The largest absolute Gasteiger partial charge is 0.338 e. The van der Waals surface area contributed by atoms with Crippen LogP contribution in [0.3, 0.4) is 0 Å². The summed E-state index contributed by atoms with van der Waals surface area (Å²) in [4.78, 5) is 33.3. The highest BCUT2D eigenvalue weighted by atomic mass is 32.1. The molecule has 7 nitrogen and oxygen atoms in total. The maximum Gasteiger partial charge on any atom is 0.262 e. The van der Waals surface area contributed by atoms with Gasteiger partial charge in [-0.3, -0.25) is 14.2 Å². The van der Waals surface area contributed by atoms with Gasteiger partial charge in [-0.1, -0.05) is 36.4 Å². The van der Waals surface area contributed by atoms with Crippen LogP contribution in [0.25, 0.3) is 10.9 Å². The molecule has 0 spiro atoms. The summed E-state index contributed by atoms with van der Waals surface area (Å²) in [6.45, 7) is 3.97. The molecule has 0 radical (unpaired) electrons. The van der Waals surface area contributed by atoms with E-state index in [4.69, 9.17) is 12.2 Å². The third kappa shape index (κ3) is 3.97. The Bertz CT molecular complexity index is 1380. The first kappa shape index (κ1) is 20.5. The molecule has 0 aliphatic rings. The molecule has 4 aromatic rings. The van der Waals surface area contributed by atoms with Crippen molar-refractivity contribution in [3.8, 4) is 0 Å². The molecule has 156 valence electrons. The first-order valence-electron chi connectivity index (χ1n) is 9.70. The second-order valence-electron chi connectivity index (χ2n) is 7.11. The normalized spacial score (nSPS) is 11.9. The molecule has 0 saturated heterocycles. The van der Waals surface area contributed by atoms with E-state index in [-0.39, 0.29) is 16.2 Å². The number of nitrogens with zero attached hydrogens (tertiary/aromatic N) is 3. The van der Waals surface area contributed by atoms with E-state index >= 15 is 0 Å². The molecular formula is C23H21N5O2S. The monoisotopic (exact) mass is 431 g/mol. The van der Waals surface area contributed by atoms with Crippen LogP contribution < -0.4 is 10.9 Å². The van der Waals surface area contributed by atoms with E-state index in [1.807, 2.05) is 48.1 Å². The molecule has 8 heteroatoms. The minimum Gasteiger partial charge on any atom is -0.338 e. The van der Waals surface area contributed by atoms with Crippen molar-refractivity contribution in [1.29, 1.82) is 0 Å². The van der Waals surface area contributed by atoms with Crippen molar-refractivity contribution in [2.45, 2.75) is 12.6 Å². The fourth-order valence-corrected chi connectivity index (χ4v) is 3.77. The zero-order chi connectivity index (χ0) is 22.0. The zero-order valence-corrected chi connectivity index (χ0v) is 17.7. The van der Waals surface area contributed by atoms with Crippen molar-refractivity contribution in [2.75, 3.05) is 0 Å². The molecule has 0 bridgehead atoms. The van der Waals surface area contributed by atoms with Crippen LogP contribution in [0.5, 0.6) is 0 Å². The summed E-state index contributed by atoms with van der Waals surface area (Å²) < 4.78 is 3.58. The predicted molar refractivity (Wildman–Crippen MR) is 123 cm³/mol. The molecule has 1 unspecified atom stereocenters. The van der Waals surface area contributed by atoms with Crippen molar-refractivity contribution >= 4 is 29.0 Å². The van der Waals surface area contributed by atoms with Gasteiger partial charge in [-0.05, 0) is 36.0 Å². The lowest BCUT2D eigenvalue weighted by Crippen LogP contribution is -2.31. The van der Waals surface area contributed by atoms with Gasteiger partial charge >= 0.3 is 0 Å². The summed E-state index contributed by atoms with van der Waals surface area (Å²) in [5.41, 5.74) is 1.61. The van der Waals surface area contributed by atoms with Crippen LogP contribution in [0.4, 0.5) is 0 Å². The number of aromatic amines is 1. The number of H-pyrrole nitrogens is 1. The van der Waals surface area contributed by atoms with Crippen LogP contribution in [-0.2, 0) is 13.6 Å². The highest BCUT2D eigenvalue weighted by Crippen LogP contribution is 2.21. The maximum absolute atomic E-state index is 13.1. The molecular weight excluding hydrogens is 410 g/mol. The van der Waals surface area contributed by atoms with Crippen molar-refractivity contribution < 1.29 is 4.79 Å². The number of hydrogen-bond acceptors (Lipinski definition) is 4. The number of carbonyl (C=O) groups excluding carboxylic acids is 1. The maximum atomic E-state index is 13.1. The minimum atomic E-state index is -0.427. The average molecular weight is 432 g/mol. The van der Waals surface area contributed by atoms with Crippen LogP contribution >= 0.6 is 12.2 Å². The molecule has 2 aromatic carbocycles. The van der Waals surface area contributed by atoms with Crippen LogP contribution in [0.15, 0.2) is 78.4 Å². The van der Waals surface area contributed by atoms with Gasteiger partial charge in [0.15, 0.2) is 4.77 Å². The van der Waals surface area contributed by atoms with E-state index in [0.29, 0.717) is 28.8 Å². The predicted octanol–water partition coefficient (Wildman–Crippen LogP) is 3.50. The van der Waals surface area contributed by atoms with Gasteiger partial charge in [0.25, 0.3) is 11.5 Å². The topological polar surface area (TPSA) is 84.7 Å². The summed E-state index contributed by atoms with van der Waals surface area (Å²) in [5, 5.41) is 3.51. The van der Waals surface area contributed by atoms with Crippen molar-refractivity contribution in [3.05, 3.63) is 106 Å². The van der Waals surface area contributed by atoms with Crippen molar-refractivity contribution in [1.82, 2.24) is 24.4 Å². The SMILES string of the molecule is C=CCn1c(=S)[nH]c2cc(C(=O)NC(c3ccccc3)c3nccn3C)ccc2c1=O. The number of hydrogen-bond donors (Lipinski definition) is 2. The first-order valence-corrected chi connectivity index (χ1v) is 10.1. The highest BCUT2D eigenvalue weighted by Gasteiger charge is 2.21. The lowest BCUT2D eigenvalue weighted by Gasteiger charge is -2.19. The average Bonchev–Trinajstić information content (AvgIpc) is 3.20. The van der Waals surface area contributed by atoms with Crippen LogP contribution in [0.1, 0.15) is 27.8 Å². The summed E-state index contributed by atoms with van der Waals surface area (Å²) in [5.74, 6) is 0.431. The zero-order valence-electron chi connectivity index (χ0n) is 16.9. The van der Waals surface area contributed by atoms with Crippen LogP contribution in [0, 0.1) is 4.77 Å². The lowest BCUT2D eigenvalue weighted by molar-refractivity contribution is 0.0941. The van der Waals surface area contributed by atoms with E-state index in [0.717, 1.165) is 5.56 Å². The molecule has 1 atom stereocenters. The number of rotatable bonds is 6. The summed E-state index contributed by atoms with van der Waals surface area (Å²) in [6, 6.07) is 14.1. The lowest BCUT2D eigenvalue weighted by atomic mass is 10.0. The number of aromatic nitrogens is 4. The number of carbonyl (C=O) groups is 1. The summed E-state index contributed by atoms with van der Waals surface area (Å²) in [7, 11) is 1.88. The van der Waals surface area contributed by atoms with Crippen LogP contribution in [0.2, 0.25) is 0 Å². The van der Waals surface area contributed by atoms with Gasteiger partial charge < -0.3 is 14.9 Å². The molecule has 31 heavy (non-hydrogen) atoms. The molecule has 2 aromatic heterocycles. The van der Waals surface area contributed by atoms with E-state index in [1.54, 1.807) is 30.5 Å². The van der Waals surface area contributed by atoms with Gasteiger partial charge in [0.1, 0.15) is 11.9 Å². The molecule has 2 N–H and O–H groups in total. The smallest absolute Gasteiger partial charge is 0.262 e. The molecule has 0 saturated carbocycles. The number of benzene rings is 2. The third-order valence-electron chi connectivity index (χ3n) is 5.08. The molecule has 2 heterocycles. The standard InChI is InChI=1S/C23H21N5O2S/c1-3-12-28-22(30)17-10-9-16(14-18(17)25-23(28)31)21(29)26-19(15-7-5-4-6-8-15)20-24-11-13-27(20)2/h3-11,13-14,19H,1,12H2,2H3,(H,25,31)(H,26,29). The van der Waals surface area contributed by atoms with Gasteiger partial charge in [0, 0.05) is 31.5 Å². The number of imidazole rings is 1. The van der Waals surface area contributed by atoms with Gasteiger partial charge in [-0.15, -0.1) is 6.58 Å². The minimum absolute atomic E-state index is 0.221. The summed E-state index contributed by atoms with van der Waals surface area (Å²) >= 11 is 5.29. The fraction of sp³-hybridized carbons (Fsp3) is 0.130. The van der Waals surface area contributed by atoms with Gasteiger partial charge in [-0.25, -0.2) is 4.98 Å². The second-order valence-corrected chi connectivity index (χ2v) is 7.50. The number of amides is 1. The number of fused-ring (bicyclic) bond motifs is 1. The van der Waals surface area contributed by atoms with E-state index in [9.17, 15) is 9.59 Å². The fourth-order valence-electron chi connectivity index (χ4n) is 3.50. The number of nitrogens with one attached hydrogen (secondary N) is 2. The Kier molecular flexibility index (Phi) is 5.64. The van der Waals surface area contributed by atoms with Gasteiger partial charge in [-0.2, -0.15) is 0 Å². The molecule has 1 amide bonds. The van der Waals surface area contributed by atoms with Crippen molar-refractivity contribution in [3.63, 3.8) is 0 Å². The Morgan fingerprint density at radius 1 is 1.29 bits per heavy atom. The number of allylic oxidation sites excluding steroid dienone is 1. The second kappa shape index (κ2) is 8.53. The van der Waals surface area contributed by atoms with E-state index in [2.05, 4.69) is 21.9 Å². The summed E-state index contributed by atoms with van der Waals surface area (Å²) in [6.07, 6.45) is 5.14. The Morgan fingerprint density at radius 3 is 2.74 bits per heavy atom. The van der Waals surface area contributed by atoms with Crippen LogP contribution in [-0.4, -0.2) is 25.0 Å². The first-order chi connectivity index (χ1) is 15.0. The number of aryl methyl sites for hydroxylation is 1.